The van der Waals surface area contributed by atoms with Gasteiger partial charge in [0, 0.05) is 11.6 Å². The summed E-state index contributed by atoms with van der Waals surface area (Å²) in [5.74, 6) is 3.20. The molecule has 4 heteroatoms. The molecule has 0 amide bonds. The molecule has 3 aromatic carbocycles. The standard InChI is InChI=1S/C25H24O4/c1-17(12-18-8-11-23-25(14-18)29-16-28-23)13-19-6-4-5-7-21(19)22-10-9-20(26-2)15-24(22)27-3/h4-11,13-15H,12,16H2,1-3H3. The van der Waals surface area contributed by atoms with Crippen molar-refractivity contribution in [1.82, 2.24) is 0 Å². The van der Waals surface area contributed by atoms with E-state index in [9.17, 15) is 0 Å². The molecule has 0 radical (unpaired) electrons. The van der Waals surface area contributed by atoms with Crippen LogP contribution in [-0.2, 0) is 6.42 Å². The van der Waals surface area contributed by atoms with Crippen LogP contribution >= 0.6 is 0 Å². The summed E-state index contributed by atoms with van der Waals surface area (Å²) in [5, 5.41) is 0. The Bertz CT molecular complexity index is 1050. The minimum absolute atomic E-state index is 0.296. The molecule has 0 spiro atoms. The van der Waals surface area contributed by atoms with E-state index in [1.54, 1.807) is 14.2 Å². The first kappa shape index (κ1) is 18.9. The SMILES string of the molecule is COc1ccc(-c2ccccc2C=C(C)Cc2ccc3c(c2)OCO3)c(OC)c1. The molecule has 0 fully saturated rings. The highest BCUT2D eigenvalue weighted by Gasteiger charge is 2.14. The molecule has 0 aliphatic carbocycles. The normalized spacial score (nSPS) is 12.7. The second kappa shape index (κ2) is 8.31. The summed E-state index contributed by atoms with van der Waals surface area (Å²) in [6.45, 7) is 2.44. The summed E-state index contributed by atoms with van der Waals surface area (Å²) < 4.78 is 21.8. The monoisotopic (exact) mass is 388 g/mol. The van der Waals surface area contributed by atoms with Gasteiger partial charge in [-0.3, -0.25) is 0 Å². The molecule has 1 aliphatic rings. The molecule has 0 bridgehead atoms. The third kappa shape index (κ3) is 4.06. The Morgan fingerprint density at radius 3 is 2.55 bits per heavy atom. The van der Waals surface area contributed by atoms with Crippen molar-refractivity contribution in [2.45, 2.75) is 13.3 Å². The van der Waals surface area contributed by atoms with E-state index >= 15 is 0 Å². The lowest BCUT2D eigenvalue weighted by Crippen LogP contribution is -1.93. The molecule has 0 aromatic heterocycles. The van der Waals surface area contributed by atoms with Gasteiger partial charge >= 0.3 is 0 Å². The third-order valence-corrected chi connectivity index (χ3v) is 4.98. The Morgan fingerprint density at radius 1 is 0.897 bits per heavy atom. The van der Waals surface area contributed by atoms with E-state index in [0.29, 0.717) is 6.79 Å². The van der Waals surface area contributed by atoms with Crippen molar-refractivity contribution in [3.8, 4) is 34.1 Å². The van der Waals surface area contributed by atoms with Crippen LogP contribution in [0.3, 0.4) is 0 Å². The molecule has 0 atom stereocenters. The van der Waals surface area contributed by atoms with Gasteiger partial charge in [0.1, 0.15) is 11.5 Å². The van der Waals surface area contributed by atoms with Gasteiger partial charge in [0.25, 0.3) is 0 Å². The summed E-state index contributed by atoms with van der Waals surface area (Å²) in [5.41, 5.74) is 5.76. The molecule has 0 unspecified atom stereocenters. The van der Waals surface area contributed by atoms with Crippen LogP contribution < -0.4 is 18.9 Å². The maximum atomic E-state index is 5.61. The van der Waals surface area contributed by atoms with Crippen molar-refractivity contribution in [1.29, 1.82) is 0 Å². The van der Waals surface area contributed by atoms with Gasteiger partial charge in [-0.15, -0.1) is 0 Å². The molecule has 148 valence electrons. The van der Waals surface area contributed by atoms with Gasteiger partial charge in [-0.1, -0.05) is 42.0 Å². The van der Waals surface area contributed by atoms with Gasteiger partial charge in [-0.05, 0) is 54.3 Å². The van der Waals surface area contributed by atoms with Crippen LogP contribution in [0.5, 0.6) is 23.0 Å². The number of allylic oxidation sites excluding steroid dienone is 1. The van der Waals surface area contributed by atoms with E-state index in [2.05, 4.69) is 43.3 Å². The average Bonchev–Trinajstić information content (AvgIpc) is 3.21. The van der Waals surface area contributed by atoms with Crippen LogP contribution in [0.2, 0.25) is 0 Å². The van der Waals surface area contributed by atoms with Crippen LogP contribution in [0.4, 0.5) is 0 Å². The first-order chi connectivity index (χ1) is 14.2. The lowest BCUT2D eigenvalue weighted by atomic mass is 9.96. The maximum absolute atomic E-state index is 5.61. The predicted octanol–water partition coefficient (Wildman–Crippen LogP) is 5.75. The molecule has 1 heterocycles. The fourth-order valence-electron chi connectivity index (χ4n) is 3.58. The molecule has 4 nitrogen and oxygen atoms in total. The van der Waals surface area contributed by atoms with Crippen molar-refractivity contribution in [2.24, 2.45) is 0 Å². The largest absolute Gasteiger partial charge is 0.497 e. The van der Waals surface area contributed by atoms with Gasteiger partial charge in [0.05, 0.1) is 14.2 Å². The topological polar surface area (TPSA) is 36.9 Å². The van der Waals surface area contributed by atoms with E-state index in [-0.39, 0.29) is 0 Å². The molecule has 0 N–H and O–H groups in total. The predicted molar refractivity (Wildman–Crippen MR) is 115 cm³/mol. The van der Waals surface area contributed by atoms with E-state index in [4.69, 9.17) is 18.9 Å². The molecule has 0 saturated heterocycles. The Kier molecular flexibility index (Phi) is 5.43. The molecule has 3 aromatic rings. The molecular formula is C25H24O4. The maximum Gasteiger partial charge on any atom is 0.231 e. The van der Waals surface area contributed by atoms with Gasteiger partial charge in [0.2, 0.25) is 6.79 Å². The van der Waals surface area contributed by atoms with Crippen LogP contribution in [0.25, 0.3) is 17.2 Å². The summed E-state index contributed by atoms with van der Waals surface area (Å²) in [7, 11) is 3.34. The second-order valence-corrected chi connectivity index (χ2v) is 7.01. The fraction of sp³-hybridized carbons (Fsp3) is 0.200. The van der Waals surface area contributed by atoms with Gasteiger partial charge in [0.15, 0.2) is 11.5 Å². The quantitative estimate of drug-likeness (QED) is 0.539. The van der Waals surface area contributed by atoms with Crippen LogP contribution in [0.15, 0.2) is 66.2 Å². The number of hydrogen-bond acceptors (Lipinski definition) is 4. The smallest absolute Gasteiger partial charge is 0.231 e. The summed E-state index contributed by atoms with van der Waals surface area (Å²) in [4.78, 5) is 0. The Labute approximate surface area is 171 Å². The lowest BCUT2D eigenvalue weighted by Gasteiger charge is -2.13. The summed E-state index contributed by atoms with van der Waals surface area (Å²) in [6.07, 6.45) is 3.06. The lowest BCUT2D eigenvalue weighted by molar-refractivity contribution is 0.174. The average molecular weight is 388 g/mol. The zero-order chi connectivity index (χ0) is 20.2. The Hall–Kier alpha value is -3.40. The van der Waals surface area contributed by atoms with E-state index in [0.717, 1.165) is 46.1 Å². The second-order valence-electron chi connectivity index (χ2n) is 7.01. The number of methoxy groups -OCH3 is 2. The van der Waals surface area contributed by atoms with Crippen molar-refractivity contribution in [3.63, 3.8) is 0 Å². The zero-order valence-corrected chi connectivity index (χ0v) is 16.9. The third-order valence-electron chi connectivity index (χ3n) is 4.98. The first-order valence-corrected chi connectivity index (χ1v) is 9.55. The molecule has 0 saturated carbocycles. The van der Waals surface area contributed by atoms with Crippen molar-refractivity contribution >= 4 is 6.08 Å². The van der Waals surface area contributed by atoms with Crippen LogP contribution in [0.1, 0.15) is 18.1 Å². The van der Waals surface area contributed by atoms with E-state index in [1.807, 2.05) is 30.3 Å². The summed E-state index contributed by atoms with van der Waals surface area (Å²) >= 11 is 0. The van der Waals surface area contributed by atoms with Gasteiger partial charge in [-0.2, -0.15) is 0 Å². The molecule has 4 rings (SSSR count). The minimum atomic E-state index is 0.296. The van der Waals surface area contributed by atoms with E-state index < -0.39 is 0 Å². The molecular weight excluding hydrogens is 364 g/mol. The minimum Gasteiger partial charge on any atom is -0.497 e. The van der Waals surface area contributed by atoms with Crippen molar-refractivity contribution in [2.75, 3.05) is 21.0 Å². The highest BCUT2D eigenvalue weighted by atomic mass is 16.7. The Morgan fingerprint density at radius 2 is 1.72 bits per heavy atom. The highest BCUT2D eigenvalue weighted by molar-refractivity contribution is 5.80. The van der Waals surface area contributed by atoms with Crippen molar-refractivity contribution < 1.29 is 18.9 Å². The van der Waals surface area contributed by atoms with Crippen LogP contribution in [-0.4, -0.2) is 21.0 Å². The Balaban J connectivity index is 1.64. The number of ether oxygens (including phenoxy) is 4. The van der Waals surface area contributed by atoms with Gasteiger partial charge in [-0.25, -0.2) is 0 Å². The number of fused-ring (bicyclic) bond motifs is 1. The van der Waals surface area contributed by atoms with Gasteiger partial charge < -0.3 is 18.9 Å². The van der Waals surface area contributed by atoms with Crippen molar-refractivity contribution in [3.05, 3.63) is 77.4 Å². The number of hydrogen-bond donors (Lipinski definition) is 0. The fourth-order valence-corrected chi connectivity index (χ4v) is 3.58. The summed E-state index contributed by atoms with van der Waals surface area (Å²) in [6, 6.07) is 20.4. The highest BCUT2D eigenvalue weighted by Crippen LogP contribution is 2.36. The molecule has 1 aliphatic heterocycles. The number of rotatable bonds is 6. The molecule has 29 heavy (non-hydrogen) atoms. The first-order valence-electron chi connectivity index (χ1n) is 9.55. The van der Waals surface area contributed by atoms with E-state index in [1.165, 1.54) is 11.1 Å². The zero-order valence-electron chi connectivity index (χ0n) is 16.9. The van der Waals surface area contributed by atoms with Crippen LogP contribution in [0, 0.1) is 0 Å². The number of benzene rings is 3.